The van der Waals surface area contributed by atoms with Gasteiger partial charge in [0.05, 0.1) is 5.71 Å². The number of nitrogens with one attached hydrogen (secondary N) is 1. The van der Waals surface area contributed by atoms with Crippen LogP contribution in [-0.4, -0.2) is 58.8 Å². The SMILES string of the molecule is c1ccc(ON=C2CCC(N3CCCC(Nc4nccc(N5CCCCCC5)n4)C3)CC2)cc1. The zero-order chi connectivity index (χ0) is 23.0. The summed E-state index contributed by atoms with van der Waals surface area (Å²) in [5.41, 5.74) is 1.19. The number of likely N-dealkylation sites (tertiary alicyclic amines) is 1. The maximum Gasteiger partial charge on any atom is 0.224 e. The predicted molar refractivity (Wildman–Crippen MR) is 138 cm³/mol. The number of hydrogen-bond donors (Lipinski definition) is 1. The molecule has 7 heteroatoms. The van der Waals surface area contributed by atoms with Crippen LogP contribution in [0.5, 0.6) is 5.75 Å². The summed E-state index contributed by atoms with van der Waals surface area (Å²) in [7, 11) is 0. The largest absolute Gasteiger partial charge is 0.357 e. The fourth-order valence-corrected chi connectivity index (χ4v) is 5.52. The van der Waals surface area contributed by atoms with Crippen LogP contribution in [0.15, 0.2) is 47.8 Å². The summed E-state index contributed by atoms with van der Waals surface area (Å²) in [6.07, 6.45) is 13.9. The van der Waals surface area contributed by atoms with Crippen LogP contribution in [0.4, 0.5) is 11.8 Å². The summed E-state index contributed by atoms with van der Waals surface area (Å²) in [5.74, 6) is 2.66. The number of rotatable bonds is 6. The summed E-state index contributed by atoms with van der Waals surface area (Å²) in [6, 6.07) is 12.9. The van der Waals surface area contributed by atoms with Gasteiger partial charge in [-0.15, -0.1) is 0 Å². The highest BCUT2D eigenvalue weighted by Crippen LogP contribution is 2.26. The van der Waals surface area contributed by atoms with E-state index >= 15 is 0 Å². The molecule has 2 saturated heterocycles. The third kappa shape index (κ3) is 6.26. The Hall–Kier alpha value is -2.67. The maximum absolute atomic E-state index is 5.62. The van der Waals surface area contributed by atoms with E-state index in [1.807, 2.05) is 36.5 Å². The normalized spacial score (nSPS) is 24.4. The molecule has 1 aromatic heterocycles. The van der Waals surface area contributed by atoms with E-state index in [2.05, 4.69) is 31.3 Å². The minimum absolute atomic E-state index is 0.407. The molecule has 0 amide bonds. The van der Waals surface area contributed by atoms with Gasteiger partial charge in [0.25, 0.3) is 0 Å². The van der Waals surface area contributed by atoms with Gasteiger partial charge < -0.3 is 15.1 Å². The fraction of sp³-hybridized carbons (Fsp3) is 0.593. The predicted octanol–water partition coefficient (Wildman–Crippen LogP) is 5.11. The molecule has 0 spiro atoms. The van der Waals surface area contributed by atoms with Crippen molar-refractivity contribution in [1.29, 1.82) is 0 Å². The molecule has 1 atom stereocenters. The van der Waals surface area contributed by atoms with E-state index in [0.717, 1.165) is 62.8 Å². The molecule has 0 radical (unpaired) electrons. The van der Waals surface area contributed by atoms with E-state index < -0.39 is 0 Å². The van der Waals surface area contributed by atoms with Gasteiger partial charge >= 0.3 is 0 Å². The molecule has 1 N–H and O–H groups in total. The second kappa shape index (κ2) is 11.6. The summed E-state index contributed by atoms with van der Waals surface area (Å²) < 4.78 is 0. The van der Waals surface area contributed by atoms with Gasteiger partial charge in [0.15, 0.2) is 5.75 Å². The monoisotopic (exact) mass is 462 g/mol. The molecule has 2 aromatic rings. The van der Waals surface area contributed by atoms with E-state index in [4.69, 9.17) is 9.82 Å². The summed E-state index contributed by atoms with van der Waals surface area (Å²) in [6.45, 7) is 4.47. The Balaban J connectivity index is 1.12. The summed E-state index contributed by atoms with van der Waals surface area (Å²) in [5, 5.41) is 8.08. The smallest absolute Gasteiger partial charge is 0.224 e. The number of hydrogen-bond acceptors (Lipinski definition) is 7. The Morgan fingerprint density at radius 2 is 1.68 bits per heavy atom. The average molecular weight is 463 g/mol. The third-order valence-electron chi connectivity index (χ3n) is 7.43. The number of benzene rings is 1. The van der Waals surface area contributed by atoms with Crippen molar-refractivity contribution in [3.05, 3.63) is 42.6 Å². The lowest BCUT2D eigenvalue weighted by Crippen LogP contribution is -2.48. The lowest BCUT2D eigenvalue weighted by atomic mass is 9.90. The molecule has 1 unspecified atom stereocenters. The molecule has 1 aliphatic carbocycles. The molecule has 7 nitrogen and oxygen atoms in total. The van der Waals surface area contributed by atoms with Crippen molar-refractivity contribution < 1.29 is 4.84 Å². The first kappa shape index (κ1) is 23.1. The first-order valence-electron chi connectivity index (χ1n) is 13.2. The van der Waals surface area contributed by atoms with Crippen LogP contribution in [0.1, 0.15) is 64.2 Å². The lowest BCUT2D eigenvalue weighted by Gasteiger charge is -2.40. The van der Waals surface area contributed by atoms with Gasteiger partial charge in [-0.05, 0) is 76.1 Å². The highest BCUT2D eigenvalue weighted by atomic mass is 16.6. The minimum Gasteiger partial charge on any atom is -0.357 e. The number of aromatic nitrogens is 2. The second-order valence-electron chi connectivity index (χ2n) is 9.91. The van der Waals surface area contributed by atoms with Crippen LogP contribution in [0, 0.1) is 0 Å². The van der Waals surface area contributed by atoms with Crippen molar-refractivity contribution in [2.24, 2.45) is 5.16 Å². The average Bonchev–Trinajstić information content (AvgIpc) is 3.19. The Morgan fingerprint density at radius 3 is 2.47 bits per heavy atom. The van der Waals surface area contributed by atoms with Crippen molar-refractivity contribution in [3.63, 3.8) is 0 Å². The molecule has 0 bridgehead atoms. The standard InChI is InChI=1S/C27H38N6O/c1-2-7-19-32(18-6-1)26-16-17-28-27(30-26)29-23-9-8-20-33(21-23)24-14-12-22(13-15-24)31-34-25-10-4-3-5-11-25/h3-5,10-11,16-17,23-24H,1-2,6-9,12-15,18-21H2,(H,28,29,30). The molecule has 1 saturated carbocycles. The van der Waals surface area contributed by atoms with Crippen molar-refractivity contribution >= 4 is 17.5 Å². The quantitative estimate of drug-likeness (QED) is 0.602. The lowest BCUT2D eigenvalue weighted by molar-refractivity contribution is 0.137. The number of nitrogens with zero attached hydrogens (tertiary/aromatic N) is 5. The van der Waals surface area contributed by atoms with Crippen LogP contribution < -0.4 is 15.1 Å². The van der Waals surface area contributed by atoms with Gasteiger partial charge in [-0.2, -0.15) is 4.98 Å². The first-order chi connectivity index (χ1) is 16.8. The van der Waals surface area contributed by atoms with Crippen LogP contribution in [-0.2, 0) is 0 Å². The van der Waals surface area contributed by atoms with E-state index in [9.17, 15) is 0 Å². The van der Waals surface area contributed by atoms with Crippen molar-refractivity contribution in [3.8, 4) is 5.75 Å². The molecule has 3 fully saturated rings. The van der Waals surface area contributed by atoms with Gasteiger partial charge in [-0.25, -0.2) is 4.98 Å². The van der Waals surface area contributed by atoms with Gasteiger partial charge in [0.2, 0.25) is 5.95 Å². The Morgan fingerprint density at radius 1 is 0.882 bits per heavy atom. The maximum atomic E-state index is 5.62. The fourth-order valence-electron chi connectivity index (χ4n) is 5.52. The molecule has 3 aliphatic rings. The third-order valence-corrected chi connectivity index (χ3v) is 7.43. The zero-order valence-corrected chi connectivity index (χ0v) is 20.2. The molecule has 182 valence electrons. The molecule has 1 aromatic carbocycles. The first-order valence-corrected chi connectivity index (χ1v) is 13.2. The van der Waals surface area contributed by atoms with Crippen molar-refractivity contribution in [2.75, 3.05) is 36.4 Å². The number of oxime groups is 1. The van der Waals surface area contributed by atoms with Gasteiger partial charge in [-0.3, -0.25) is 4.90 Å². The second-order valence-corrected chi connectivity index (χ2v) is 9.91. The van der Waals surface area contributed by atoms with Crippen molar-refractivity contribution in [1.82, 2.24) is 14.9 Å². The highest BCUT2D eigenvalue weighted by molar-refractivity contribution is 5.84. The van der Waals surface area contributed by atoms with Crippen LogP contribution >= 0.6 is 0 Å². The summed E-state index contributed by atoms with van der Waals surface area (Å²) >= 11 is 0. The van der Waals surface area contributed by atoms with Crippen molar-refractivity contribution in [2.45, 2.75) is 76.3 Å². The summed E-state index contributed by atoms with van der Waals surface area (Å²) in [4.78, 5) is 20.1. The highest BCUT2D eigenvalue weighted by Gasteiger charge is 2.29. The Kier molecular flexibility index (Phi) is 7.91. The van der Waals surface area contributed by atoms with Crippen LogP contribution in [0.2, 0.25) is 0 Å². The molecular formula is C27H38N6O. The van der Waals surface area contributed by atoms with Gasteiger partial charge in [-0.1, -0.05) is 36.2 Å². The van der Waals surface area contributed by atoms with Crippen LogP contribution in [0.3, 0.4) is 0 Å². The minimum atomic E-state index is 0.407. The molecule has 3 heterocycles. The van der Waals surface area contributed by atoms with Gasteiger partial charge in [0.1, 0.15) is 5.82 Å². The van der Waals surface area contributed by atoms with E-state index in [1.54, 1.807) is 0 Å². The molecule has 2 aliphatic heterocycles. The van der Waals surface area contributed by atoms with Crippen LogP contribution in [0.25, 0.3) is 0 Å². The molecule has 5 rings (SSSR count). The number of piperidine rings is 1. The number of para-hydroxylation sites is 1. The number of anilines is 2. The topological polar surface area (TPSA) is 65.9 Å². The van der Waals surface area contributed by atoms with E-state index in [-0.39, 0.29) is 0 Å². The van der Waals surface area contributed by atoms with E-state index in [1.165, 1.54) is 50.8 Å². The van der Waals surface area contributed by atoms with E-state index in [0.29, 0.717) is 12.1 Å². The van der Waals surface area contributed by atoms with Gasteiger partial charge in [0, 0.05) is 37.9 Å². The molecular weight excluding hydrogens is 424 g/mol. The Bertz CT molecular complexity index is 918. The zero-order valence-electron chi connectivity index (χ0n) is 20.2. The Labute approximate surface area is 203 Å². The molecule has 34 heavy (non-hydrogen) atoms.